The van der Waals surface area contributed by atoms with Crippen LogP contribution in [0.3, 0.4) is 0 Å². The summed E-state index contributed by atoms with van der Waals surface area (Å²) in [4.78, 5) is 14.9. The first-order valence-corrected chi connectivity index (χ1v) is 10.6. The molecule has 0 saturated carbocycles. The zero-order chi connectivity index (χ0) is 22.1. The van der Waals surface area contributed by atoms with Gasteiger partial charge in [-0.25, -0.2) is 8.79 Å². The fraction of sp³-hybridized carbons (Fsp3) is 0.167. The zero-order valence-corrected chi connectivity index (χ0v) is 18.5. The molecule has 3 N–H and O–H groups in total. The number of H-pyrrole nitrogens is 1. The molecule has 0 aliphatic rings. The molecule has 2 aromatic heterocycles. The number of carbonyl (C=O) groups is 1. The van der Waals surface area contributed by atoms with Gasteiger partial charge in [-0.15, -0.1) is 0 Å². The molecule has 0 unspecified atom stereocenters. The summed E-state index contributed by atoms with van der Waals surface area (Å²) in [7, 11) is 0. The maximum Gasteiger partial charge on any atom is 0.271 e. The van der Waals surface area contributed by atoms with Gasteiger partial charge in [0.05, 0.1) is 17.5 Å². The van der Waals surface area contributed by atoms with Gasteiger partial charge >= 0.3 is 0 Å². The number of hydrogen-bond acceptors (Lipinski definition) is 3. The topological polar surface area (TPSA) is 61.0 Å². The fourth-order valence-electron chi connectivity index (χ4n) is 3.65. The van der Waals surface area contributed by atoms with Crippen molar-refractivity contribution < 1.29 is 13.6 Å². The molecule has 0 fully saturated rings. The number of aryl methyl sites for hydroxylation is 3. The summed E-state index contributed by atoms with van der Waals surface area (Å²) in [6.45, 7) is 6.10. The molecule has 0 bridgehead atoms. The number of nitrogens with zero attached hydrogens (tertiary/aromatic N) is 1. The summed E-state index contributed by atoms with van der Waals surface area (Å²) in [5, 5.41) is 6.15. The van der Waals surface area contributed by atoms with E-state index in [9.17, 15) is 4.79 Å². The normalized spacial score (nSPS) is 11.0. The van der Waals surface area contributed by atoms with Crippen LogP contribution in [-0.2, 0) is 4.79 Å². The lowest BCUT2D eigenvalue weighted by Gasteiger charge is -2.10. The third-order valence-electron chi connectivity index (χ3n) is 5.22. The molecular formula is C24H24FN4OS+. The number of aromatic nitrogens is 2. The molecule has 0 radical (unpaired) electrons. The van der Waals surface area contributed by atoms with Gasteiger partial charge in [0, 0.05) is 11.8 Å². The van der Waals surface area contributed by atoms with Crippen molar-refractivity contribution in [3.63, 3.8) is 0 Å². The Bertz CT molecular complexity index is 1280. The van der Waals surface area contributed by atoms with Gasteiger partial charge in [0.2, 0.25) is 11.6 Å². The SMILES string of the molecule is Cc1ccc2[nH]c(-c3ccc(NC(=O)CS)cc3F)c(Nc3c(C)cccc3C)[n+]2c1. The first kappa shape index (κ1) is 20.9. The van der Waals surface area contributed by atoms with Crippen LogP contribution in [0.1, 0.15) is 16.7 Å². The number of amides is 1. The van der Waals surface area contributed by atoms with Crippen molar-refractivity contribution in [2.24, 2.45) is 0 Å². The number of para-hydroxylation sites is 1. The Kier molecular flexibility index (Phi) is 5.69. The first-order chi connectivity index (χ1) is 14.9. The lowest BCUT2D eigenvalue weighted by Crippen LogP contribution is -2.23. The highest BCUT2D eigenvalue weighted by Crippen LogP contribution is 2.32. The predicted molar refractivity (Wildman–Crippen MR) is 126 cm³/mol. The summed E-state index contributed by atoms with van der Waals surface area (Å²) in [6.07, 6.45) is 2.00. The predicted octanol–water partition coefficient (Wildman–Crippen LogP) is 5.10. The molecule has 4 aromatic rings. The summed E-state index contributed by atoms with van der Waals surface area (Å²) in [5.41, 5.74) is 6.51. The average molecular weight is 436 g/mol. The van der Waals surface area contributed by atoms with Gasteiger partial charge in [0.1, 0.15) is 11.5 Å². The standard InChI is InChI=1S/C24H23FN4OS/c1-14-7-10-20-27-23(18-9-8-17(11-19(18)25)26-21(30)13-31)24(29(20)12-14)28-22-15(2)5-4-6-16(22)3/h4-12,28H,13H2,1-3H3,(H2,26,30,31)/p+1. The van der Waals surface area contributed by atoms with E-state index in [1.165, 1.54) is 6.07 Å². The number of thiol groups is 1. The molecule has 0 saturated heterocycles. The Morgan fingerprint density at radius 3 is 2.52 bits per heavy atom. The molecule has 0 aliphatic carbocycles. The number of fused-ring (bicyclic) bond motifs is 1. The first-order valence-electron chi connectivity index (χ1n) is 9.95. The number of imidazole rings is 1. The maximum atomic E-state index is 15.1. The van der Waals surface area contributed by atoms with Crippen molar-refractivity contribution in [3.8, 4) is 11.3 Å². The van der Waals surface area contributed by atoms with Gasteiger partial charge in [0.25, 0.3) is 5.82 Å². The smallest absolute Gasteiger partial charge is 0.271 e. The van der Waals surface area contributed by atoms with Crippen molar-refractivity contribution in [2.75, 3.05) is 16.4 Å². The third-order valence-corrected chi connectivity index (χ3v) is 5.50. The van der Waals surface area contributed by atoms with E-state index < -0.39 is 5.82 Å². The summed E-state index contributed by atoms with van der Waals surface area (Å²) in [6, 6.07) is 14.7. The van der Waals surface area contributed by atoms with Crippen LogP contribution in [0.25, 0.3) is 16.9 Å². The summed E-state index contributed by atoms with van der Waals surface area (Å²) < 4.78 is 17.1. The Morgan fingerprint density at radius 2 is 1.84 bits per heavy atom. The van der Waals surface area contributed by atoms with E-state index in [1.54, 1.807) is 12.1 Å². The molecule has 4 rings (SSSR count). The molecule has 31 heavy (non-hydrogen) atoms. The molecule has 0 atom stereocenters. The largest absolute Gasteiger partial charge is 0.325 e. The Balaban J connectivity index is 1.87. The van der Waals surface area contributed by atoms with Crippen LogP contribution in [0, 0.1) is 26.6 Å². The van der Waals surface area contributed by atoms with E-state index in [4.69, 9.17) is 0 Å². The molecule has 0 aliphatic heterocycles. The van der Waals surface area contributed by atoms with Gasteiger partial charge in [-0.2, -0.15) is 12.6 Å². The Morgan fingerprint density at radius 1 is 1.10 bits per heavy atom. The van der Waals surface area contributed by atoms with E-state index in [0.29, 0.717) is 16.9 Å². The number of aromatic amines is 1. The molecule has 5 nitrogen and oxygen atoms in total. The number of anilines is 3. The van der Waals surface area contributed by atoms with Crippen LogP contribution in [0.4, 0.5) is 21.6 Å². The Hall–Kier alpha value is -3.32. The number of nitrogens with one attached hydrogen (secondary N) is 3. The Labute approximate surface area is 185 Å². The second kappa shape index (κ2) is 8.43. The van der Waals surface area contributed by atoms with Gasteiger partial charge < -0.3 is 5.32 Å². The van der Waals surface area contributed by atoms with Crippen molar-refractivity contribution in [3.05, 3.63) is 77.2 Å². The van der Waals surface area contributed by atoms with Crippen molar-refractivity contribution in [2.45, 2.75) is 20.8 Å². The molecule has 0 spiro atoms. The van der Waals surface area contributed by atoms with E-state index in [1.807, 2.05) is 61.7 Å². The maximum absolute atomic E-state index is 15.1. The third kappa shape index (κ3) is 4.14. The minimum atomic E-state index is -0.439. The quantitative estimate of drug-likeness (QED) is 0.260. The second-order valence-electron chi connectivity index (χ2n) is 7.60. The number of rotatable bonds is 5. The van der Waals surface area contributed by atoms with Gasteiger partial charge in [0.15, 0.2) is 5.69 Å². The van der Waals surface area contributed by atoms with Crippen molar-refractivity contribution >= 4 is 41.4 Å². The zero-order valence-electron chi connectivity index (χ0n) is 17.6. The van der Waals surface area contributed by atoms with Crippen LogP contribution >= 0.6 is 12.6 Å². The molecule has 1 amide bonds. The lowest BCUT2D eigenvalue weighted by molar-refractivity contribution is -0.494. The minimum Gasteiger partial charge on any atom is -0.325 e. The number of benzene rings is 2. The highest BCUT2D eigenvalue weighted by Gasteiger charge is 2.24. The van der Waals surface area contributed by atoms with Gasteiger partial charge in [-0.3, -0.25) is 15.1 Å². The van der Waals surface area contributed by atoms with E-state index in [0.717, 1.165) is 33.8 Å². The molecule has 2 aromatic carbocycles. The van der Waals surface area contributed by atoms with E-state index in [2.05, 4.69) is 28.2 Å². The molecule has 7 heteroatoms. The van der Waals surface area contributed by atoms with E-state index in [-0.39, 0.29) is 11.7 Å². The number of halogens is 1. The minimum absolute atomic E-state index is 0.0330. The number of pyridine rings is 1. The molecule has 158 valence electrons. The second-order valence-corrected chi connectivity index (χ2v) is 7.92. The average Bonchev–Trinajstić information content (AvgIpc) is 3.08. The van der Waals surface area contributed by atoms with Crippen molar-refractivity contribution in [1.82, 2.24) is 4.98 Å². The summed E-state index contributed by atoms with van der Waals surface area (Å²) >= 11 is 3.94. The lowest BCUT2D eigenvalue weighted by atomic mass is 10.1. The highest BCUT2D eigenvalue weighted by molar-refractivity contribution is 7.81. The van der Waals surface area contributed by atoms with Crippen LogP contribution in [0.15, 0.2) is 54.7 Å². The summed E-state index contributed by atoms with van der Waals surface area (Å²) in [5.74, 6) is 0.0441. The van der Waals surface area contributed by atoms with Crippen LogP contribution in [0.5, 0.6) is 0 Å². The number of hydrogen-bond donors (Lipinski definition) is 4. The highest BCUT2D eigenvalue weighted by atomic mass is 32.1. The van der Waals surface area contributed by atoms with Crippen LogP contribution in [0.2, 0.25) is 0 Å². The van der Waals surface area contributed by atoms with Crippen LogP contribution in [-0.4, -0.2) is 16.6 Å². The van der Waals surface area contributed by atoms with E-state index >= 15 is 4.39 Å². The fourth-order valence-corrected chi connectivity index (χ4v) is 3.72. The van der Waals surface area contributed by atoms with Gasteiger partial charge in [-0.1, -0.05) is 18.2 Å². The molecule has 2 heterocycles. The monoisotopic (exact) mass is 435 g/mol. The van der Waals surface area contributed by atoms with Gasteiger partial charge in [-0.05, 0) is 61.7 Å². The van der Waals surface area contributed by atoms with Crippen molar-refractivity contribution in [1.29, 1.82) is 0 Å². The van der Waals surface area contributed by atoms with Crippen LogP contribution < -0.4 is 15.0 Å². The molecular weight excluding hydrogens is 411 g/mol. The number of carbonyl (C=O) groups excluding carboxylic acids is 1.